The van der Waals surface area contributed by atoms with Gasteiger partial charge in [-0.15, -0.1) is 11.3 Å². The summed E-state index contributed by atoms with van der Waals surface area (Å²) < 4.78 is 24.7. The Morgan fingerprint density at radius 1 is 1.36 bits per heavy atom. The van der Waals surface area contributed by atoms with E-state index in [9.17, 15) is 13.2 Å². The Morgan fingerprint density at radius 3 is 2.84 bits per heavy atom. The molecule has 0 unspecified atom stereocenters. The number of sulfonamides is 1. The number of thiazole rings is 1. The zero-order valence-corrected chi connectivity index (χ0v) is 15.6. The quantitative estimate of drug-likeness (QED) is 0.831. The standard InChI is InChI=1S/C17H21N3O3S2/c1-25(22,23)20-11-5-8-15(20)16(21)18-10-9-14-12-24-17(19-14)13-6-3-2-4-7-13/h2-4,6-7,12,15H,5,8-11H2,1H3,(H,18,21)/t15-/m1/s1. The molecule has 1 aliphatic heterocycles. The molecule has 1 aromatic heterocycles. The Balaban J connectivity index is 1.53. The first-order valence-electron chi connectivity index (χ1n) is 8.19. The van der Waals surface area contributed by atoms with Crippen LogP contribution >= 0.6 is 11.3 Å². The Bertz CT molecular complexity index is 834. The predicted molar refractivity (Wildman–Crippen MR) is 98.8 cm³/mol. The van der Waals surface area contributed by atoms with Crippen LogP contribution in [0.1, 0.15) is 18.5 Å². The molecule has 0 bridgehead atoms. The van der Waals surface area contributed by atoms with Gasteiger partial charge in [0.2, 0.25) is 15.9 Å². The minimum Gasteiger partial charge on any atom is -0.354 e. The molecule has 1 aromatic carbocycles. The number of amides is 1. The second-order valence-electron chi connectivity index (χ2n) is 6.08. The van der Waals surface area contributed by atoms with E-state index in [4.69, 9.17) is 0 Å². The summed E-state index contributed by atoms with van der Waals surface area (Å²) in [6.07, 6.45) is 3.07. The van der Waals surface area contributed by atoms with Gasteiger partial charge in [0.05, 0.1) is 11.9 Å². The van der Waals surface area contributed by atoms with Gasteiger partial charge < -0.3 is 5.32 Å². The lowest BCUT2D eigenvalue weighted by Crippen LogP contribution is -2.45. The van der Waals surface area contributed by atoms with Crippen molar-refractivity contribution in [2.24, 2.45) is 0 Å². The molecule has 8 heteroatoms. The molecule has 0 radical (unpaired) electrons. The first-order chi connectivity index (χ1) is 11.9. The molecule has 25 heavy (non-hydrogen) atoms. The number of nitrogens with one attached hydrogen (secondary N) is 1. The number of nitrogens with zero attached hydrogens (tertiary/aromatic N) is 2. The summed E-state index contributed by atoms with van der Waals surface area (Å²) in [5.41, 5.74) is 2.01. The van der Waals surface area contributed by atoms with E-state index in [-0.39, 0.29) is 5.91 Å². The van der Waals surface area contributed by atoms with Crippen molar-refractivity contribution in [3.63, 3.8) is 0 Å². The number of hydrogen-bond acceptors (Lipinski definition) is 5. The SMILES string of the molecule is CS(=O)(=O)N1CCC[C@@H]1C(=O)NCCc1csc(-c2ccccc2)n1. The molecule has 1 saturated heterocycles. The van der Waals surface area contributed by atoms with Crippen LogP contribution in [0.25, 0.3) is 10.6 Å². The zero-order valence-electron chi connectivity index (χ0n) is 14.0. The highest BCUT2D eigenvalue weighted by atomic mass is 32.2. The highest BCUT2D eigenvalue weighted by molar-refractivity contribution is 7.88. The van der Waals surface area contributed by atoms with Gasteiger partial charge in [0, 0.05) is 30.5 Å². The van der Waals surface area contributed by atoms with Crippen LogP contribution in [-0.4, -0.2) is 49.0 Å². The van der Waals surface area contributed by atoms with E-state index in [2.05, 4.69) is 10.3 Å². The molecule has 0 aliphatic carbocycles. The lowest BCUT2D eigenvalue weighted by molar-refractivity contribution is -0.124. The smallest absolute Gasteiger partial charge is 0.238 e. The molecule has 6 nitrogen and oxygen atoms in total. The van der Waals surface area contributed by atoms with Crippen molar-refractivity contribution in [2.45, 2.75) is 25.3 Å². The maximum Gasteiger partial charge on any atom is 0.238 e. The second-order valence-corrected chi connectivity index (χ2v) is 8.88. The molecule has 3 rings (SSSR count). The fourth-order valence-corrected chi connectivity index (χ4v) is 4.95. The molecular formula is C17H21N3O3S2. The van der Waals surface area contributed by atoms with Gasteiger partial charge >= 0.3 is 0 Å². The zero-order chi connectivity index (χ0) is 17.9. The molecule has 2 heterocycles. The third-order valence-electron chi connectivity index (χ3n) is 4.19. The van der Waals surface area contributed by atoms with Crippen LogP contribution in [0, 0.1) is 0 Å². The van der Waals surface area contributed by atoms with Crippen LogP contribution in [0.2, 0.25) is 0 Å². The number of benzene rings is 1. The highest BCUT2D eigenvalue weighted by Gasteiger charge is 2.36. The van der Waals surface area contributed by atoms with Crippen LogP contribution < -0.4 is 5.32 Å². The van der Waals surface area contributed by atoms with Crippen LogP contribution in [0.3, 0.4) is 0 Å². The molecule has 0 saturated carbocycles. The van der Waals surface area contributed by atoms with Crippen LogP contribution in [0.5, 0.6) is 0 Å². The number of carbonyl (C=O) groups excluding carboxylic acids is 1. The first-order valence-corrected chi connectivity index (χ1v) is 10.9. The van der Waals surface area contributed by atoms with Crippen molar-refractivity contribution in [1.82, 2.24) is 14.6 Å². The van der Waals surface area contributed by atoms with E-state index in [1.54, 1.807) is 11.3 Å². The van der Waals surface area contributed by atoms with Gasteiger partial charge in [0.1, 0.15) is 11.0 Å². The summed E-state index contributed by atoms with van der Waals surface area (Å²) >= 11 is 1.58. The third-order valence-corrected chi connectivity index (χ3v) is 6.41. The monoisotopic (exact) mass is 379 g/mol. The van der Waals surface area contributed by atoms with Gasteiger partial charge in [-0.3, -0.25) is 4.79 Å². The van der Waals surface area contributed by atoms with E-state index >= 15 is 0 Å². The lowest BCUT2D eigenvalue weighted by Gasteiger charge is -2.21. The van der Waals surface area contributed by atoms with Gasteiger partial charge in [-0.1, -0.05) is 30.3 Å². The second kappa shape index (κ2) is 7.63. The first kappa shape index (κ1) is 18.0. The van der Waals surface area contributed by atoms with Crippen LogP contribution in [-0.2, 0) is 21.2 Å². The number of hydrogen-bond donors (Lipinski definition) is 1. The van der Waals surface area contributed by atoms with E-state index in [1.807, 2.05) is 35.7 Å². The lowest BCUT2D eigenvalue weighted by atomic mass is 10.2. The maximum absolute atomic E-state index is 12.3. The molecule has 1 atom stereocenters. The third kappa shape index (κ3) is 4.45. The van der Waals surface area contributed by atoms with E-state index in [1.165, 1.54) is 4.31 Å². The summed E-state index contributed by atoms with van der Waals surface area (Å²) in [7, 11) is -3.34. The summed E-state index contributed by atoms with van der Waals surface area (Å²) in [6, 6.07) is 9.38. The van der Waals surface area contributed by atoms with Gasteiger partial charge in [0.25, 0.3) is 0 Å². The van der Waals surface area contributed by atoms with Crippen LogP contribution in [0.15, 0.2) is 35.7 Å². The Hall–Kier alpha value is -1.77. The Kier molecular flexibility index (Phi) is 5.51. The molecular weight excluding hydrogens is 358 g/mol. The molecule has 1 aliphatic rings. The number of aromatic nitrogens is 1. The van der Waals surface area contributed by atoms with E-state index in [0.717, 1.165) is 28.9 Å². The van der Waals surface area contributed by atoms with Gasteiger partial charge in [0.15, 0.2) is 0 Å². The Labute approximate surface area is 151 Å². The predicted octanol–water partition coefficient (Wildman–Crippen LogP) is 1.89. The van der Waals surface area contributed by atoms with Gasteiger partial charge in [-0.05, 0) is 12.8 Å². The molecule has 0 spiro atoms. The Morgan fingerprint density at radius 2 is 2.12 bits per heavy atom. The average molecular weight is 380 g/mol. The molecule has 1 N–H and O–H groups in total. The van der Waals surface area contributed by atoms with Crippen molar-refractivity contribution in [3.8, 4) is 10.6 Å². The summed E-state index contributed by atoms with van der Waals surface area (Å²) in [5, 5.41) is 5.80. The maximum atomic E-state index is 12.3. The van der Waals surface area contributed by atoms with Crippen molar-refractivity contribution in [2.75, 3.05) is 19.3 Å². The summed E-state index contributed by atoms with van der Waals surface area (Å²) in [6.45, 7) is 0.869. The van der Waals surface area contributed by atoms with E-state index < -0.39 is 16.1 Å². The van der Waals surface area contributed by atoms with Gasteiger partial charge in [-0.2, -0.15) is 4.31 Å². The van der Waals surface area contributed by atoms with Gasteiger partial charge in [-0.25, -0.2) is 13.4 Å². The summed E-state index contributed by atoms with van der Waals surface area (Å²) in [4.78, 5) is 16.9. The summed E-state index contributed by atoms with van der Waals surface area (Å²) in [5.74, 6) is -0.221. The minimum atomic E-state index is -3.34. The van der Waals surface area contributed by atoms with E-state index in [0.29, 0.717) is 25.9 Å². The normalized spacial score (nSPS) is 18.4. The molecule has 1 amide bonds. The fraction of sp³-hybridized carbons (Fsp3) is 0.412. The largest absolute Gasteiger partial charge is 0.354 e. The minimum absolute atomic E-state index is 0.221. The molecule has 2 aromatic rings. The molecule has 134 valence electrons. The fourth-order valence-electron chi connectivity index (χ4n) is 2.97. The topological polar surface area (TPSA) is 79.4 Å². The van der Waals surface area contributed by atoms with Crippen molar-refractivity contribution >= 4 is 27.3 Å². The van der Waals surface area contributed by atoms with Crippen LogP contribution in [0.4, 0.5) is 0 Å². The van der Waals surface area contributed by atoms with Crippen molar-refractivity contribution in [1.29, 1.82) is 0 Å². The molecule has 1 fully saturated rings. The number of rotatable bonds is 6. The highest BCUT2D eigenvalue weighted by Crippen LogP contribution is 2.23. The average Bonchev–Trinajstić information content (AvgIpc) is 3.24. The number of carbonyl (C=O) groups is 1. The van der Waals surface area contributed by atoms with Crippen molar-refractivity contribution < 1.29 is 13.2 Å². The van der Waals surface area contributed by atoms with Crippen molar-refractivity contribution in [3.05, 3.63) is 41.4 Å².